The highest BCUT2D eigenvalue weighted by molar-refractivity contribution is 5.97. The Morgan fingerprint density at radius 1 is 1.39 bits per heavy atom. The molecule has 2 N–H and O–H groups in total. The second-order valence-electron chi connectivity index (χ2n) is 5.89. The largest absolute Gasteiger partial charge is 0.489 e. The van der Waals surface area contributed by atoms with E-state index in [1.807, 2.05) is 62.1 Å². The van der Waals surface area contributed by atoms with Gasteiger partial charge in [0.05, 0.1) is 6.54 Å². The molecule has 1 aliphatic heterocycles. The van der Waals surface area contributed by atoms with Crippen LogP contribution in [0, 0.1) is 13.8 Å². The van der Waals surface area contributed by atoms with E-state index in [4.69, 9.17) is 10.5 Å². The number of aryl methyl sites for hydroxylation is 2. The predicted molar refractivity (Wildman–Crippen MR) is 93.3 cm³/mol. The molecule has 1 saturated heterocycles. The van der Waals surface area contributed by atoms with Gasteiger partial charge in [0, 0.05) is 25.1 Å². The number of carbonyl (C=O) groups is 1. The average molecular weight is 314 g/mol. The minimum absolute atomic E-state index is 0.0253. The maximum absolute atomic E-state index is 12.8. The molecule has 0 unspecified atom stereocenters. The molecule has 1 atom stereocenters. The van der Waals surface area contributed by atoms with Gasteiger partial charge in [0.1, 0.15) is 11.9 Å². The van der Waals surface area contributed by atoms with Gasteiger partial charge in [-0.3, -0.25) is 4.79 Å². The van der Waals surface area contributed by atoms with Gasteiger partial charge in [-0.15, -0.1) is 0 Å². The topological polar surface area (TPSA) is 55.6 Å². The molecule has 1 heterocycles. The predicted octanol–water partition coefficient (Wildman–Crippen LogP) is 2.95. The van der Waals surface area contributed by atoms with Gasteiger partial charge >= 0.3 is 0 Å². The van der Waals surface area contributed by atoms with Crippen molar-refractivity contribution in [3.05, 3.63) is 58.9 Å². The summed E-state index contributed by atoms with van der Waals surface area (Å²) in [6.07, 6.45) is 6.56. The van der Waals surface area contributed by atoms with Crippen LogP contribution in [0.4, 0.5) is 0 Å². The zero-order valence-electron chi connectivity index (χ0n) is 14.2. The van der Waals surface area contributed by atoms with E-state index in [1.165, 1.54) is 0 Å². The third-order valence-electron chi connectivity index (χ3n) is 4.08. The number of likely N-dealkylation sites (tertiary alicyclic amines) is 1. The Hall–Kier alpha value is -2.07. The fourth-order valence-electron chi connectivity index (χ4n) is 2.95. The molecule has 1 aromatic carbocycles. The van der Waals surface area contributed by atoms with Crippen LogP contribution in [0.15, 0.2) is 42.2 Å². The first-order valence-corrected chi connectivity index (χ1v) is 8.12. The second kappa shape index (κ2) is 7.97. The molecule has 1 aliphatic rings. The highest BCUT2D eigenvalue weighted by Gasteiger charge is 2.29. The normalized spacial score (nSPS) is 18.7. The first kappa shape index (κ1) is 17.3. The van der Waals surface area contributed by atoms with Gasteiger partial charge in [-0.1, -0.05) is 24.3 Å². The fraction of sp³-hybridized carbons (Fsp3) is 0.421. The summed E-state index contributed by atoms with van der Waals surface area (Å²) in [4.78, 5) is 14.7. The minimum atomic E-state index is 0.0253. The minimum Gasteiger partial charge on any atom is -0.489 e. The zero-order valence-corrected chi connectivity index (χ0v) is 14.2. The Balaban J connectivity index is 2.05. The summed E-state index contributed by atoms with van der Waals surface area (Å²) in [6.45, 7) is 7.70. The van der Waals surface area contributed by atoms with Crippen LogP contribution in [-0.2, 0) is 4.74 Å². The lowest BCUT2D eigenvalue weighted by Gasteiger charge is -2.20. The molecular weight excluding hydrogens is 288 g/mol. The van der Waals surface area contributed by atoms with E-state index in [1.54, 1.807) is 0 Å². The summed E-state index contributed by atoms with van der Waals surface area (Å²) in [5, 5.41) is 0. The van der Waals surface area contributed by atoms with E-state index in [9.17, 15) is 4.79 Å². The lowest BCUT2D eigenvalue weighted by atomic mass is 10.0. The zero-order chi connectivity index (χ0) is 16.8. The first-order chi connectivity index (χ1) is 11.1. The molecule has 1 aromatic rings. The van der Waals surface area contributed by atoms with E-state index >= 15 is 0 Å². The number of hydrogen-bond donors (Lipinski definition) is 1. The summed E-state index contributed by atoms with van der Waals surface area (Å²) in [6, 6.07) is 5.95. The Morgan fingerprint density at radius 3 is 2.70 bits per heavy atom. The van der Waals surface area contributed by atoms with Gasteiger partial charge in [-0.2, -0.15) is 0 Å². The summed E-state index contributed by atoms with van der Waals surface area (Å²) < 4.78 is 5.97. The van der Waals surface area contributed by atoms with E-state index in [0.29, 0.717) is 13.1 Å². The summed E-state index contributed by atoms with van der Waals surface area (Å²) in [5.74, 6) is 0.878. The lowest BCUT2D eigenvalue weighted by molar-refractivity contribution is 0.0744. The van der Waals surface area contributed by atoms with Crippen molar-refractivity contribution in [2.75, 3.05) is 19.6 Å². The smallest absolute Gasteiger partial charge is 0.254 e. The maximum Gasteiger partial charge on any atom is 0.254 e. The third-order valence-corrected chi connectivity index (χ3v) is 4.08. The Kier molecular flexibility index (Phi) is 5.99. The van der Waals surface area contributed by atoms with Crippen LogP contribution < -0.4 is 5.73 Å². The van der Waals surface area contributed by atoms with Crippen molar-refractivity contribution >= 4 is 5.91 Å². The molecular formula is C19H26N2O2. The van der Waals surface area contributed by atoms with Crippen LogP contribution in [0.5, 0.6) is 0 Å². The number of allylic oxidation sites excluding steroid dienone is 2. The number of hydrogen-bond acceptors (Lipinski definition) is 3. The number of benzene rings is 1. The van der Waals surface area contributed by atoms with Crippen LogP contribution in [-0.4, -0.2) is 36.5 Å². The highest BCUT2D eigenvalue weighted by Crippen LogP contribution is 2.22. The van der Waals surface area contributed by atoms with Crippen LogP contribution in [0.2, 0.25) is 0 Å². The molecule has 23 heavy (non-hydrogen) atoms. The third kappa shape index (κ3) is 4.23. The van der Waals surface area contributed by atoms with Gasteiger partial charge < -0.3 is 15.4 Å². The average Bonchev–Trinajstić information content (AvgIpc) is 2.96. The van der Waals surface area contributed by atoms with E-state index < -0.39 is 0 Å². The molecule has 0 aromatic heterocycles. The van der Waals surface area contributed by atoms with Crippen LogP contribution in [0.1, 0.15) is 34.8 Å². The summed E-state index contributed by atoms with van der Waals surface area (Å²) >= 11 is 0. The van der Waals surface area contributed by atoms with Crippen LogP contribution in [0.25, 0.3) is 0 Å². The Labute approximate surface area is 138 Å². The van der Waals surface area contributed by atoms with Gasteiger partial charge in [0.2, 0.25) is 0 Å². The number of carbonyl (C=O) groups excluding carboxylic acids is 1. The molecule has 0 aliphatic carbocycles. The summed E-state index contributed by atoms with van der Waals surface area (Å²) in [7, 11) is 0. The van der Waals surface area contributed by atoms with Crippen molar-refractivity contribution < 1.29 is 9.53 Å². The molecule has 0 saturated carbocycles. The number of amides is 1. The quantitative estimate of drug-likeness (QED) is 0.671. The van der Waals surface area contributed by atoms with E-state index in [0.717, 1.165) is 35.4 Å². The molecule has 2 rings (SSSR count). The van der Waals surface area contributed by atoms with Crippen molar-refractivity contribution in [2.24, 2.45) is 5.73 Å². The van der Waals surface area contributed by atoms with E-state index in [2.05, 4.69) is 0 Å². The maximum atomic E-state index is 12.8. The van der Waals surface area contributed by atoms with E-state index in [-0.39, 0.29) is 12.0 Å². The number of ether oxygens (including phenoxy) is 1. The second-order valence-corrected chi connectivity index (χ2v) is 5.89. The van der Waals surface area contributed by atoms with Crippen molar-refractivity contribution in [1.82, 2.24) is 4.90 Å². The molecule has 1 amide bonds. The molecule has 4 nitrogen and oxygen atoms in total. The molecule has 0 bridgehead atoms. The molecule has 1 fully saturated rings. The number of nitrogens with zero attached hydrogens (tertiary/aromatic N) is 1. The molecule has 4 heteroatoms. The Bertz CT molecular complexity index is 600. The lowest BCUT2D eigenvalue weighted by Crippen LogP contribution is -2.31. The standard InChI is InChI=1S/C19H26N2O2/c1-4-6-16(9-11-20)23-17-10-12-21(13-17)19(22)18-14(2)7-5-8-15(18)3/h4-9,17H,10-13,20H2,1-3H3/b6-4-,16-9+/t17-/m0/s1. The van der Waals surface area contributed by atoms with Crippen LogP contribution in [0.3, 0.4) is 0 Å². The highest BCUT2D eigenvalue weighted by atomic mass is 16.5. The van der Waals surface area contributed by atoms with Gasteiger partial charge in [0.15, 0.2) is 0 Å². The van der Waals surface area contributed by atoms with Crippen molar-refractivity contribution in [1.29, 1.82) is 0 Å². The monoisotopic (exact) mass is 314 g/mol. The van der Waals surface area contributed by atoms with Crippen LogP contribution >= 0.6 is 0 Å². The summed E-state index contributed by atoms with van der Waals surface area (Å²) in [5.41, 5.74) is 8.43. The number of rotatable bonds is 5. The van der Waals surface area contributed by atoms with Gasteiger partial charge in [0.25, 0.3) is 5.91 Å². The first-order valence-electron chi connectivity index (χ1n) is 8.12. The SMILES string of the molecule is C/C=C\C(=C/CN)O[C@H]1CCN(C(=O)c2c(C)cccc2C)C1. The van der Waals surface area contributed by atoms with Gasteiger partial charge in [-0.25, -0.2) is 0 Å². The van der Waals surface area contributed by atoms with Crippen molar-refractivity contribution in [3.8, 4) is 0 Å². The molecule has 0 radical (unpaired) electrons. The van der Waals surface area contributed by atoms with Crippen molar-refractivity contribution in [2.45, 2.75) is 33.3 Å². The molecule has 0 spiro atoms. The fourth-order valence-corrected chi connectivity index (χ4v) is 2.95. The van der Waals surface area contributed by atoms with Crippen molar-refractivity contribution in [3.63, 3.8) is 0 Å². The number of nitrogens with two attached hydrogens (primary N) is 1. The van der Waals surface area contributed by atoms with Gasteiger partial charge in [-0.05, 0) is 44.1 Å². The Morgan fingerprint density at radius 2 is 2.09 bits per heavy atom. The molecule has 124 valence electrons.